The normalized spacial score (nSPS) is 11.2. The Labute approximate surface area is 121 Å². The third-order valence-electron chi connectivity index (χ3n) is 3.41. The highest BCUT2D eigenvalue weighted by Gasteiger charge is 2.13. The molecule has 0 saturated heterocycles. The molecule has 5 heteroatoms. The second-order valence-electron chi connectivity index (χ2n) is 5.21. The van der Waals surface area contributed by atoms with Crippen LogP contribution in [-0.4, -0.2) is 9.55 Å². The third-order valence-corrected chi connectivity index (χ3v) is 3.41. The lowest BCUT2D eigenvalue weighted by atomic mass is 10.0. The van der Waals surface area contributed by atoms with Crippen LogP contribution in [0.2, 0.25) is 0 Å². The van der Waals surface area contributed by atoms with Gasteiger partial charge in [-0.2, -0.15) is 0 Å². The minimum Gasteiger partial charge on any atom is -0.453 e. The van der Waals surface area contributed by atoms with Crippen molar-refractivity contribution < 1.29 is 9.15 Å². The van der Waals surface area contributed by atoms with Crippen LogP contribution in [0.25, 0.3) is 11.2 Å². The topological polar surface area (TPSA) is 57.3 Å². The monoisotopic (exact) mass is 284 g/mol. The van der Waals surface area contributed by atoms with E-state index in [1.807, 2.05) is 24.3 Å². The van der Waals surface area contributed by atoms with Crippen molar-refractivity contribution in [1.82, 2.24) is 9.55 Å². The lowest BCUT2D eigenvalue weighted by Crippen LogP contribution is -2.08. The molecule has 0 atom stereocenters. The minimum atomic E-state index is -0.455. The van der Waals surface area contributed by atoms with E-state index in [0.29, 0.717) is 28.6 Å². The van der Waals surface area contributed by atoms with E-state index in [9.17, 15) is 4.79 Å². The van der Waals surface area contributed by atoms with Gasteiger partial charge in [0.05, 0.1) is 0 Å². The average Bonchev–Trinajstić information content (AvgIpc) is 2.77. The SMILES string of the molecule is CC(C)c1ccc(Oc2ccnc3c2oc(=O)n3C)cc1. The largest absolute Gasteiger partial charge is 0.453 e. The molecule has 0 saturated carbocycles. The van der Waals surface area contributed by atoms with Crippen LogP contribution in [0, 0.1) is 0 Å². The molecule has 0 aliphatic carbocycles. The number of ether oxygens (including phenoxy) is 1. The summed E-state index contributed by atoms with van der Waals surface area (Å²) in [6, 6.07) is 9.55. The first-order valence-corrected chi connectivity index (χ1v) is 6.78. The Kier molecular flexibility index (Phi) is 3.25. The molecule has 0 spiro atoms. The van der Waals surface area contributed by atoms with Gasteiger partial charge in [0.2, 0.25) is 5.58 Å². The molecule has 2 aromatic heterocycles. The summed E-state index contributed by atoms with van der Waals surface area (Å²) in [6.07, 6.45) is 1.59. The van der Waals surface area contributed by atoms with Gasteiger partial charge in [0.1, 0.15) is 5.75 Å². The molecule has 0 N–H and O–H groups in total. The lowest BCUT2D eigenvalue weighted by molar-refractivity contribution is 0.462. The van der Waals surface area contributed by atoms with Crippen LogP contribution in [0.5, 0.6) is 11.5 Å². The maximum Gasteiger partial charge on any atom is 0.421 e. The molecule has 0 aliphatic rings. The molecule has 0 bridgehead atoms. The lowest BCUT2D eigenvalue weighted by Gasteiger charge is -2.08. The second kappa shape index (κ2) is 5.09. The van der Waals surface area contributed by atoms with E-state index >= 15 is 0 Å². The quantitative estimate of drug-likeness (QED) is 0.739. The van der Waals surface area contributed by atoms with Gasteiger partial charge in [0.25, 0.3) is 0 Å². The zero-order chi connectivity index (χ0) is 15.0. The van der Waals surface area contributed by atoms with Crippen molar-refractivity contribution in [2.24, 2.45) is 7.05 Å². The van der Waals surface area contributed by atoms with Gasteiger partial charge in [-0.15, -0.1) is 0 Å². The standard InChI is InChI=1S/C16H16N2O3/c1-10(2)11-4-6-12(7-5-11)20-13-8-9-17-15-14(13)21-16(19)18(15)3/h4-10H,1-3H3. The van der Waals surface area contributed by atoms with E-state index in [0.717, 1.165) is 0 Å². The van der Waals surface area contributed by atoms with E-state index < -0.39 is 5.76 Å². The molecule has 0 unspecified atom stereocenters. The van der Waals surface area contributed by atoms with Crippen LogP contribution in [0.1, 0.15) is 25.3 Å². The molecule has 3 aromatic rings. The molecule has 1 aromatic carbocycles. The third kappa shape index (κ3) is 2.42. The van der Waals surface area contributed by atoms with Crippen LogP contribution in [0.4, 0.5) is 0 Å². The summed E-state index contributed by atoms with van der Waals surface area (Å²) in [6.45, 7) is 4.28. The molecule has 0 amide bonds. The predicted octanol–water partition coefficient (Wildman–Crippen LogP) is 3.44. The van der Waals surface area contributed by atoms with Gasteiger partial charge < -0.3 is 9.15 Å². The number of pyridine rings is 1. The van der Waals surface area contributed by atoms with Crippen molar-refractivity contribution in [3.05, 3.63) is 52.6 Å². The Balaban J connectivity index is 1.98. The summed E-state index contributed by atoms with van der Waals surface area (Å²) in [5.74, 6) is 1.19. The fraction of sp³-hybridized carbons (Fsp3) is 0.250. The maximum atomic E-state index is 11.6. The van der Waals surface area contributed by atoms with Gasteiger partial charge >= 0.3 is 5.76 Å². The van der Waals surface area contributed by atoms with Crippen molar-refractivity contribution >= 4 is 11.2 Å². The molecule has 0 radical (unpaired) electrons. The van der Waals surface area contributed by atoms with Crippen molar-refractivity contribution in [2.75, 3.05) is 0 Å². The maximum absolute atomic E-state index is 11.6. The van der Waals surface area contributed by atoms with Gasteiger partial charge in [-0.3, -0.25) is 4.57 Å². The Bertz CT molecular complexity index is 829. The number of aryl methyl sites for hydroxylation is 1. The van der Waals surface area contributed by atoms with Crippen molar-refractivity contribution in [1.29, 1.82) is 0 Å². The number of fused-ring (bicyclic) bond motifs is 1. The van der Waals surface area contributed by atoms with Crippen LogP contribution in [0.15, 0.2) is 45.7 Å². The van der Waals surface area contributed by atoms with E-state index in [1.165, 1.54) is 10.1 Å². The minimum absolute atomic E-state index is 0.359. The first-order chi connectivity index (χ1) is 10.1. The number of benzene rings is 1. The molecule has 0 fully saturated rings. The van der Waals surface area contributed by atoms with Gasteiger partial charge in [-0.05, 0) is 23.6 Å². The summed E-state index contributed by atoms with van der Waals surface area (Å²) < 4.78 is 12.3. The van der Waals surface area contributed by atoms with Gasteiger partial charge in [0.15, 0.2) is 11.4 Å². The number of nitrogens with zero attached hydrogens (tertiary/aromatic N) is 2. The van der Waals surface area contributed by atoms with Crippen molar-refractivity contribution in [2.45, 2.75) is 19.8 Å². The molecule has 0 aliphatic heterocycles. The van der Waals surface area contributed by atoms with Gasteiger partial charge in [-0.1, -0.05) is 26.0 Å². The first-order valence-electron chi connectivity index (χ1n) is 6.78. The Morgan fingerprint density at radius 2 is 1.90 bits per heavy atom. The highest BCUT2D eigenvalue weighted by Crippen LogP contribution is 2.28. The average molecular weight is 284 g/mol. The number of rotatable bonds is 3. The smallest absolute Gasteiger partial charge is 0.421 e. The molecule has 5 nitrogen and oxygen atoms in total. The fourth-order valence-electron chi connectivity index (χ4n) is 2.13. The van der Waals surface area contributed by atoms with Crippen molar-refractivity contribution in [3.8, 4) is 11.5 Å². The summed E-state index contributed by atoms with van der Waals surface area (Å²) >= 11 is 0. The fourth-order valence-corrected chi connectivity index (χ4v) is 2.13. The van der Waals surface area contributed by atoms with Crippen LogP contribution in [0.3, 0.4) is 0 Å². The number of oxazole rings is 1. The van der Waals surface area contributed by atoms with Gasteiger partial charge in [-0.25, -0.2) is 9.78 Å². The first kappa shape index (κ1) is 13.4. The molecule has 2 heterocycles. The summed E-state index contributed by atoms with van der Waals surface area (Å²) in [5.41, 5.74) is 2.07. The van der Waals surface area contributed by atoms with E-state index in [2.05, 4.69) is 18.8 Å². The molecule has 108 valence electrons. The van der Waals surface area contributed by atoms with E-state index in [-0.39, 0.29) is 0 Å². The zero-order valence-electron chi connectivity index (χ0n) is 12.2. The van der Waals surface area contributed by atoms with Crippen LogP contribution in [-0.2, 0) is 7.05 Å². The van der Waals surface area contributed by atoms with Crippen LogP contribution >= 0.6 is 0 Å². The Hall–Kier alpha value is -2.56. The summed E-state index contributed by atoms with van der Waals surface area (Å²) in [7, 11) is 1.61. The summed E-state index contributed by atoms with van der Waals surface area (Å²) in [5, 5.41) is 0. The van der Waals surface area contributed by atoms with Gasteiger partial charge in [0, 0.05) is 19.3 Å². The molecular formula is C16H16N2O3. The summed E-state index contributed by atoms with van der Waals surface area (Å²) in [4.78, 5) is 15.7. The van der Waals surface area contributed by atoms with E-state index in [1.54, 1.807) is 19.3 Å². The Morgan fingerprint density at radius 1 is 1.19 bits per heavy atom. The molecule has 21 heavy (non-hydrogen) atoms. The Morgan fingerprint density at radius 3 is 2.57 bits per heavy atom. The molecule has 3 rings (SSSR count). The number of hydrogen-bond acceptors (Lipinski definition) is 4. The van der Waals surface area contributed by atoms with Crippen LogP contribution < -0.4 is 10.5 Å². The highest BCUT2D eigenvalue weighted by atomic mass is 16.5. The molecular weight excluding hydrogens is 268 g/mol. The van der Waals surface area contributed by atoms with Crippen molar-refractivity contribution in [3.63, 3.8) is 0 Å². The number of aromatic nitrogens is 2. The second-order valence-corrected chi connectivity index (χ2v) is 5.21. The predicted molar refractivity (Wildman–Crippen MR) is 79.9 cm³/mol. The van der Waals surface area contributed by atoms with E-state index in [4.69, 9.17) is 9.15 Å². The highest BCUT2D eigenvalue weighted by molar-refractivity contribution is 5.75. The zero-order valence-corrected chi connectivity index (χ0v) is 12.2. The number of hydrogen-bond donors (Lipinski definition) is 0.